The van der Waals surface area contributed by atoms with Gasteiger partial charge in [0.2, 0.25) is 0 Å². The number of sulfonamides is 1. The third-order valence-corrected chi connectivity index (χ3v) is 6.50. The van der Waals surface area contributed by atoms with Crippen LogP contribution in [0.3, 0.4) is 0 Å². The van der Waals surface area contributed by atoms with Crippen LogP contribution in [0.15, 0.2) is 59.6 Å². The van der Waals surface area contributed by atoms with Gasteiger partial charge >= 0.3 is 5.97 Å². The van der Waals surface area contributed by atoms with E-state index in [-0.39, 0.29) is 27.8 Å². The zero-order chi connectivity index (χ0) is 22.1. The molecule has 1 aromatic heterocycles. The fraction of sp³-hybridized carbons (Fsp3) is 0.100. The van der Waals surface area contributed by atoms with E-state index < -0.39 is 21.8 Å². The van der Waals surface area contributed by atoms with E-state index in [9.17, 15) is 17.6 Å². The maximum atomic E-state index is 13.5. The number of aromatic carboxylic acids is 1. The summed E-state index contributed by atoms with van der Waals surface area (Å²) >= 11 is 11.8. The van der Waals surface area contributed by atoms with Gasteiger partial charge in [0.1, 0.15) is 11.6 Å². The van der Waals surface area contributed by atoms with Crippen LogP contribution in [0.4, 0.5) is 10.2 Å². The molecule has 0 saturated carbocycles. The van der Waals surface area contributed by atoms with Gasteiger partial charge in [-0.3, -0.25) is 0 Å². The molecule has 0 bridgehead atoms. The molecular formula is C20H15Cl2FN2O4S. The lowest BCUT2D eigenvalue weighted by Crippen LogP contribution is -2.32. The zero-order valence-electron chi connectivity index (χ0n) is 15.5. The minimum absolute atomic E-state index is 0.0494. The highest BCUT2D eigenvalue weighted by atomic mass is 35.5. The van der Waals surface area contributed by atoms with Gasteiger partial charge in [-0.1, -0.05) is 29.3 Å². The molecule has 10 heteroatoms. The van der Waals surface area contributed by atoms with Crippen LogP contribution >= 0.6 is 23.2 Å². The summed E-state index contributed by atoms with van der Waals surface area (Å²) in [6.45, 7) is 1.47. The molecule has 30 heavy (non-hydrogen) atoms. The van der Waals surface area contributed by atoms with Crippen molar-refractivity contribution in [3.8, 4) is 0 Å². The number of nitrogens with zero attached hydrogens (tertiary/aromatic N) is 2. The van der Waals surface area contributed by atoms with Crippen molar-refractivity contribution in [1.29, 1.82) is 0 Å². The highest BCUT2D eigenvalue weighted by molar-refractivity contribution is 7.92. The van der Waals surface area contributed by atoms with Crippen molar-refractivity contribution < 1.29 is 22.7 Å². The van der Waals surface area contributed by atoms with E-state index in [1.165, 1.54) is 42.6 Å². The molecule has 3 aromatic rings. The van der Waals surface area contributed by atoms with Crippen LogP contribution in [-0.2, 0) is 16.6 Å². The van der Waals surface area contributed by atoms with Crippen molar-refractivity contribution in [1.82, 2.24) is 4.98 Å². The second-order valence-corrected chi connectivity index (χ2v) is 9.09. The molecule has 0 spiro atoms. The maximum Gasteiger partial charge on any atom is 0.335 e. The van der Waals surface area contributed by atoms with Gasteiger partial charge in [-0.2, -0.15) is 0 Å². The Labute approximate surface area is 182 Å². The van der Waals surface area contributed by atoms with E-state index in [1.807, 2.05) is 0 Å². The van der Waals surface area contributed by atoms with E-state index in [4.69, 9.17) is 28.3 Å². The number of carbonyl (C=O) groups is 1. The summed E-state index contributed by atoms with van der Waals surface area (Å²) in [5.74, 6) is -1.67. The second-order valence-electron chi connectivity index (χ2n) is 6.38. The SMILES string of the molecule is Cc1cc(Cl)cnc1N(Cc1ccc(F)c(Cl)c1)S(=O)(=O)c1ccc(C(=O)O)cc1. The minimum Gasteiger partial charge on any atom is -0.478 e. The van der Waals surface area contributed by atoms with Crippen LogP contribution in [0, 0.1) is 12.7 Å². The molecular weight excluding hydrogens is 454 g/mol. The summed E-state index contributed by atoms with van der Waals surface area (Å²) in [6.07, 6.45) is 1.32. The number of aromatic nitrogens is 1. The summed E-state index contributed by atoms with van der Waals surface area (Å²) in [7, 11) is -4.16. The Kier molecular flexibility index (Phi) is 6.30. The average Bonchev–Trinajstić information content (AvgIpc) is 2.69. The first-order valence-corrected chi connectivity index (χ1v) is 10.7. The van der Waals surface area contributed by atoms with E-state index >= 15 is 0 Å². The van der Waals surface area contributed by atoms with Crippen molar-refractivity contribution in [3.63, 3.8) is 0 Å². The maximum absolute atomic E-state index is 13.5. The number of anilines is 1. The molecule has 3 rings (SSSR count). The summed E-state index contributed by atoms with van der Waals surface area (Å²) in [6, 6.07) is 10.3. The fourth-order valence-electron chi connectivity index (χ4n) is 2.77. The number of rotatable bonds is 6. The Morgan fingerprint density at radius 1 is 1.13 bits per heavy atom. The normalized spacial score (nSPS) is 11.3. The lowest BCUT2D eigenvalue weighted by Gasteiger charge is -2.25. The van der Waals surface area contributed by atoms with Crippen LogP contribution in [0.5, 0.6) is 0 Å². The molecule has 6 nitrogen and oxygen atoms in total. The zero-order valence-corrected chi connectivity index (χ0v) is 17.8. The second kappa shape index (κ2) is 8.59. The van der Waals surface area contributed by atoms with Crippen molar-refractivity contribution in [2.24, 2.45) is 0 Å². The molecule has 1 heterocycles. The summed E-state index contributed by atoms with van der Waals surface area (Å²) in [4.78, 5) is 15.1. The standard InChI is InChI=1S/C20H15Cl2FN2O4S/c1-12-8-15(21)10-24-19(12)25(11-13-2-7-18(23)17(22)9-13)30(28,29)16-5-3-14(4-6-16)20(26)27/h2-10H,11H2,1H3,(H,26,27). The van der Waals surface area contributed by atoms with Gasteiger partial charge in [-0.05, 0) is 60.5 Å². The predicted octanol–water partition coefficient (Wildman–Crippen LogP) is 4.93. The van der Waals surface area contributed by atoms with Gasteiger partial charge in [-0.15, -0.1) is 0 Å². The molecule has 156 valence electrons. The quantitative estimate of drug-likeness (QED) is 0.553. The monoisotopic (exact) mass is 468 g/mol. The summed E-state index contributed by atoms with van der Waals surface area (Å²) in [5.41, 5.74) is 0.885. The molecule has 1 N–H and O–H groups in total. The van der Waals surface area contributed by atoms with Crippen molar-refractivity contribution in [2.75, 3.05) is 4.31 Å². The largest absolute Gasteiger partial charge is 0.478 e. The van der Waals surface area contributed by atoms with E-state index in [0.717, 1.165) is 10.4 Å². The molecule has 0 aliphatic heterocycles. The number of hydrogen-bond donors (Lipinski definition) is 1. The van der Waals surface area contributed by atoms with Crippen LogP contribution in [-0.4, -0.2) is 24.5 Å². The van der Waals surface area contributed by atoms with Gasteiger partial charge in [-0.25, -0.2) is 26.9 Å². The third kappa shape index (κ3) is 4.56. The lowest BCUT2D eigenvalue weighted by atomic mass is 10.2. The van der Waals surface area contributed by atoms with Gasteiger partial charge in [0.25, 0.3) is 10.0 Å². The Morgan fingerprint density at radius 2 is 1.80 bits per heavy atom. The highest BCUT2D eigenvalue weighted by Gasteiger charge is 2.28. The Bertz CT molecular complexity index is 1220. The van der Waals surface area contributed by atoms with Crippen LogP contribution in [0.25, 0.3) is 0 Å². The minimum atomic E-state index is -4.16. The van der Waals surface area contributed by atoms with Gasteiger partial charge < -0.3 is 5.11 Å². The van der Waals surface area contributed by atoms with Gasteiger partial charge in [0, 0.05) is 6.20 Å². The lowest BCUT2D eigenvalue weighted by molar-refractivity contribution is 0.0696. The first kappa shape index (κ1) is 22.0. The fourth-order valence-corrected chi connectivity index (χ4v) is 4.66. The number of carboxylic acids is 1. The molecule has 0 atom stereocenters. The van der Waals surface area contributed by atoms with Gasteiger partial charge in [0.05, 0.1) is 27.0 Å². The number of pyridine rings is 1. The summed E-state index contributed by atoms with van der Waals surface area (Å²) < 4.78 is 41.4. The number of benzene rings is 2. The average molecular weight is 469 g/mol. The Morgan fingerprint density at radius 3 is 2.37 bits per heavy atom. The smallest absolute Gasteiger partial charge is 0.335 e. The van der Waals surface area contributed by atoms with Crippen molar-refractivity contribution >= 4 is 45.0 Å². The van der Waals surface area contributed by atoms with E-state index in [0.29, 0.717) is 16.1 Å². The Balaban J connectivity index is 2.11. The third-order valence-electron chi connectivity index (χ3n) is 4.25. The molecule has 0 unspecified atom stereocenters. The topological polar surface area (TPSA) is 87.6 Å². The van der Waals surface area contributed by atoms with Crippen LogP contribution in [0.2, 0.25) is 10.0 Å². The molecule has 0 aliphatic carbocycles. The molecule has 0 aliphatic rings. The molecule has 0 amide bonds. The summed E-state index contributed by atoms with van der Waals surface area (Å²) in [5, 5.41) is 9.24. The number of carboxylic acid groups (broad SMARTS) is 1. The van der Waals surface area contributed by atoms with Crippen LogP contribution in [0.1, 0.15) is 21.5 Å². The first-order valence-electron chi connectivity index (χ1n) is 8.52. The molecule has 0 radical (unpaired) electrons. The van der Waals surface area contributed by atoms with Crippen LogP contribution < -0.4 is 4.31 Å². The van der Waals surface area contributed by atoms with E-state index in [1.54, 1.807) is 13.0 Å². The molecule has 2 aromatic carbocycles. The predicted molar refractivity (Wildman–Crippen MR) is 112 cm³/mol. The first-order chi connectivity index (χ1) is 14.1. The highest BCUT2D eigenvalue weighted by Crippen LogP contribution is 2.29. The molecule has 0 fully saturated rings. The number of aryl methyl sites for hydroxylation is 1. The van der Waals surface area contributed by atoms with Crippen molar-refractivity contribution in [3.05, 3.63) is 87.3 Å². The van der Waals surface area contributed by atoms with Crippen molar-refractivity contribution in [2.45, 2.75) is 18.4 Å². The molecule has 0 saturated heterocycles. The number of halogens is 3. The Hall–Kier alpha value is -2.68. The van der Waals surface area contributed by atoms with Gasteiger partial charge in [0.15, 0.2) is 0 Å². The number of hydrogen-bond acceptors (Lipinski definition) is 4. The van der Waals surface area contributed by atoms with E-state index in [2.05, 4.69) is 4.98 Å².